The van der Waals surface area contributed by atoms with Crippen LogP contribution >= 0.6 is 0 Å². The zero-order valence-corrected chi connectivity index (χ0v) is 12.4. The second-order valence-electron chi connectivity index (χ2n) is 5.18. The third-order valence-electron chi connectivity index (χ3n) is 3.40. The molecule has 1 amide bonds. The predicted molar refractivity (Wildman–Crippen MR) is 80.0 cm³/mol. The Morgan fingerprint density at radius 1 is 1.27 bits per heavy atom. The molecule has 0 unspecified atom stereocenters. The molecule has 2 heterocycles. The zero-order valence-electron chi connectivity index (χ0n) is 12.4. The molecule has 112 valence electrons. The number of carbonyl (C=O) groups is 1. The van der Waals surface area contributed by atoms with Gasteiger partial charge in [0.1, 0.15) is 5.82 Å². The Balaban J connectivity index is 2.31. The van der Waals surface area contributed by atoms with Crippen molar-refractivity contribution >= 4 is 17.0 Å². The molecule has 0 saturated heterocycles. The first-order valence-corrected chi connectivity index (χ1v) is 6.72. The van der Waals surface area contributed by atoms with Crippen molar-refractivity contribution < 1.29 is 13.7 Å². The molecule has 0 spiro atoms. The Morgan fingerprint density at radius 3 is 2.68 bits per heavy atom. The summed E-state index contributed by atoms with van der Waals surface area (Å²) in [7, 11) is 3.31. The summed E-state index contributed by atoms with van der Waals surface area (Å²) < 4.78 is 19.2. The highest BCUT2D eigenvalue weighted by molar-refractivity contribution is 6.06. The van der Waals surface area contributed by atoms with Crippen LogP contribution in [0.3, 0.4) is 0 Å². The van der Waals surface area contributed by atoms with Crippen LogP contribution in [0.1, 0.15) is 16.1 Å². The summed E-state index contributed by atoms with van der Waals surface area (Å²) in [5.41, 5.74) is 1.85. The highest BCUT2D eigenvalue weighted by Gasteiger charge is 2.21. The van der Waals surface area contributed by atoms with Gasteiger partial charge in [0.25, 0.3) is 11.6 Å². The van der Waals surface area contributed by atoms with E-state index in [1.807, 2.05) is 0 Å². The Kier molecular flexibility index (Phi) is 3.36. The Morgan fingerprint density at radius 2 is 2.00 bits per heavy atom. The summed E-state index contributed by atoms with van der Waals surface area (Å²) in [6.45, 7) is 1.74. The topological polar surface area (TPSA) is 59.2 Å². The van der Waals surface area contributed by atoms with Crippen molar-refractivity contribution in [1.82, 2.24) is 15.0 Å². The first kappa shape index (κ1) is 14.2. The summed E-state index contributed by atoms with van der Waals surface area (Å²) >= 11 is 0. The summed E-state index contributed by atoms with van der Waals surface area (Å²) in [6, 6.07) is 7.84. The fraction of sp³-hybridized carbons (Fsp3) is 0.188. The fourth-order valence-corrected chi connectivity index (χ4v) is 2.31. The average Bonchev–Trinajstić information content (AvgIpc) is 2.87. The molecule has 22 heavy (non-hydrogen) atoms. The number of halogens is 1. The molecule has 6 heteroatoms. The number of amides is 1. The van der Waals surface area contributed by atoms with Gasteiger partial charge in [0.15, 0.2) is 0 Å². The standard InChI is InChI=1S/C16H14FN3O2/c1-9-14-11(16(21)20(2)3)8-13(18-15(14)22-19-9)10-6-4-5-7-12(10)17/h4-8H,1-3H3. The van der Waals surface area contributed by atoms with Gasteiger partial charge in [0, 0.05) is 19.7 Å². The van der Waals surface area contributed by atoms with Crippen LogP contribution in [0, 0.1) is 12.7 Å². The lowest BCUT2D eigenvalue weighted by atomic mass is 10.0. The molecular formula is C16H14FN3O2. The minimum atomic E-state index is -0.408. The Labute approximate surface area is 126 Å². The van der Waals surface area contributed by atoms with Crippen LogP contribution in [0.5, 0.6) is 0 Å². The predicted octanol–water partition coefficient (Wildman–Crippen LogP) is 3.04. The van der Waals surface area contributed by atoms with Crippen LogP contribution in [0.15, 0.2) is 34.9 Å². The molecule has 3 rings (SSSR count). The molecule has 0 fully saturated rings. The monoisotopic (exact) mass is 299 g/mol. The van der Waals surface area contributed by atoms with E-state index in [0.717, 1.165) is 0 Å². The van der Waals surface area contributed by atoms with E-state index in [2.05, 4.69) is 10.1 Å². The number of aromatic nitrogens is 2. The lowest BCUT2D eigenvalue weighted by Gasteiger charge is -2.12. The van der Waals surface area contributed by atoms with Gasteiger partial charge in [-0.2, -0.15) is 0 Å². The van der Waals surface area contributed by atoms with Gasteiger partial charge in [-0.05, 0) is 25.1 Å². The lowest BCUT2D eigenvalue weighted by Crippen LogP contribution is -2.22. The Hall–Kier alpha value is -2.76. The Bertz CT molecular complexity index is 871. The molecule has 0 aliphatic carbocycles. The molecular weight excluding hydrogens is 285 g/mol. The maximum Gasteiger partial charge on any atom is 0.259 e. The van der Waals surface area contributed by atoms with Gasteiger partial charge in [-0.1, -0.05) is 17.3 Å². The van der Waals surface area contributed by atoms with Gasteiger partial charge in [-0.15, -0.1) is 0 Å². The van der Waals surface area contributed by atoms with Crippen LogP contribution in [0.25, 0.3) is 22.4 Å². The molecule has 0 radical (unpaired) electrons. The van der Waals surface area contributed by atoms with Crippen LogP contribution in [-0.4, -0.2) is 35.0 Å². The lowest BCUT2D eigenvalue weighted by molar-refractivity contribution is 0.0829. The first-order chi connectivity index (χ1) is 10.5. The van der Waals surface area contributed by atoms with Crippen molar-refractivity contribution in [2.45, 2.75) is 6.92 Å². The summed E-state index contributed by atoms with van der Waals surface area (Å²) in [4.78, 5) is 18.2. The smallest absolute Gasteiger partial charge is 0.259 e. The maximum atomic E-state index is 14.0. The van der Waals surface area contributed by atoms with E-state index in [-0.39, 0.29) is 11.6 Å². The molecule has 0 bridgehead atoms. The van der Waals surface area contributed by atoms with Gasteiger partial charge in [-0.3, -0.25) is 4.79 Å². The van der Waals surface area contributed by atoms with Gasteiger partial charge in [0.05, 0.1) is 22.3 Å². The van der Waals surface area contributed by atoms with Crippen molar-refractivity contribution in [1.29, 1.82) is 0 Å². The molecule has 0 saturated carbocycles. The van der Waals surface area contributed by atoms with Crippen LogP contribution in [-0.2, 0) is 0 Å². The summed E-state index contributed by atoms with van der Waals surface area (Å²) in [5.74, 6) is -0.620. The van der Waals surface area contributed by atoms with Crippen molar-refractivity contribution in [3.05, 3.63) is 47.4 Å². The van der Waals surface area contributed by atoms with E-state index in [1.54, 1.807) is 45.3 Å². The number of carbonyl (C=O) groups excluding carboxylic acids is 1. The quantitative estimate of drug-likeness (QED) is 0.729. The second kappa shape index (κ2) is 5.22. The third kappa shape index (κ3) is 2.22. The highest BCUT2D eigenvalue weighted by atomic mass is 19.1. The molecule has 1 aromatic carbocycles. The summed E-state index contributed by atoms with van der Waals surface area (Å²) in [6.07, 6.45) is 0. The molecule has 0 N–H and O–H groups in total. The first-order valence-electron chi connectivity index (χ1n) is 6.72. The molecule has 0 aliphatic rings. The number of aryl methyl sites for hydroxylation is 1. The van der Waals surface area contributed by atoms with Crippen molar-refractivity contribution in [2.24, 2.45) is 0 Å². The molecule has 2 aromatic heterocycles. The van der Waals surface area contributed by atoms with E-state index in [4.69, 9.17) is 4.52 Å². The maximum absolute atomic E-state index is 14.0. The third-order valence-corrected chi connectivity index (χ3v) is 3.40. The number of pyridine rings is 1. The van der Waals surface area contributed by atoms with Crippen molar-refractivity contribution in [2.75, 3.05) is 14.1 Å². The van der Waals surface area contributed by atoms with E-state index < -0.39 is 5.82 Å². The largest absolute Gasteiger partial charge is 0.345 e. The van der Waals surface area contributed by atoms with Crippen molar-refractivity contribution in [3.63, 3.8) is 0 Å². The van der Waals surface area contributed by atoms with Crippen LogP contribution < -0.4 is 0 Å². The summed E-state index contributed by atoms with van der Waals surface area (Å²) in [5, 5.41) is 4.41. The number of rotatable bonds is 2. The van der Waals surface area contributed by atoms with Gasteiger partial charge in [0.2, 0.25) is 0 Å². The number of fused-ring (bicyclic) bond motifs is 1. The van der Waals surface area contributed by atoms with E-state index in [1.165, 1.54) is 11.0 Å². The second-order valence-corrected chi connectivity index (χ2v) is 5.18. The number of nitrogens with zero attached hydrogens (tertiary/aromatic N) is 3. The highest BCUT2D eigenvalue weighted by Crippen LogP contribution is 2.28. The van der Waals surface area contributed by atoms with Crippen LogP contribution in [0.4, 0.5) is 4.39 Å². The minimum absolute atomic E-state index is 0.212. The zero-order chi connectivity index (χ0) is 15.9. The van der Waals surface area contributed by atoms with Gasteiger partial charge < -0.3 is 9.42 Å². The molecule has 5 nitrogen and oxygen atoms in total. The van der Waals surface area contributed by atoms with E-state index >= 15 is 0 Å². The minimum Gasteiger partial charge on any atom is -0.345 e. The number of hydrogen-bond donors (Lipinski definition) is 0. The van der Waals surface area contributed by atoms with Gasteiger partial charge in [-0.25, -0.2) is 9.37 Å². The van der Waals surface area contributed by atoms with E-state index in [9.17, 15) is 9.18 Å². The van der Waals surface area contributed by atoms with E-state index in [0.29, 0.717) is 27.9 Å². The molecule has 3 aromatic rings. The van der Waals surface area contributed by atoms with Crippen molar-refractivity contribution in [3.8, 4) is 11.3 Å². The van der Waals surface area contributed by atoms with Crippen LogP contribution in [0.2, 0.25) is 0 Å². The fourth-order valence-electron chi connectivity index (χ4n) is 2.31. The number of hydrogen-bond acceptors (Lipinski definition) is 4. The SMILES string of the molecule is Cc1noc2nc(-c3ccccc3F)cc(C(=O)N(C)C)c12. The molecule has 0 atom stereocenters. The molecule has 0 aliphatic heterocycles. The average molecular weight is 299 g/mol. The normalized spacial score (nSPS) is 10.9. The van der Waals surface area contributed by atoms with Gasteiger partial charge >= 0.3 is 0 Å². The number of benzene rings is 1.